The number of carbonyl (C=O) groups is 1. The quantitative estimate of drug-likeness (QED) is 0.521. The molecule has 1 aromatic carbocycles. The third-order valence-electron chi connectivity index (χ3n) is 6.21. The fourth-order valence-electron chi connectivity index (χ4n) is 4.09. The maximum absolute atomic E-state index is 12.9. The van der Waals surface area contributed by atoms with Crippen molar-refractivity contribution in [3.8, 4) is 0 Å². The van der Waals surface area contributed by atoms with Crippen LogP contribution in [0.5, 0.6) is 0 Å². The maximum atomic E-state index is 12.9. The molecule has 1 aliphatic carbocycles. The van der Waals surface area contributed by atoms with Crippen molar-refractivity contribution in [3.05, 3.63) is 64.9 Å². The zero-order valence-corrected chi connectivity index (χ0v) is 19.0. The van der Waals surface area contributed by atoms with Crippen LogP contribution in [0.4, 0.5) is 0 Å². The van der Waals surface area contributed by atoms with Crippen LogP contribution in [0.3, 0.4) is 0 Å². The van der Waals surface area contributed by atoms with Gasteiger partial charge in [0.05, 0.1) is 12.0 Å². The van der Waals surface area contributed by atoms with Gasteiger partial charge in [0, 0.05) is 43.3 Å². The number of nitrogens with zero attached hydrogens (tertiary/aromatic N) is 5. The maximum Gasteiger partial charge on any atom is 0.227 e. The Morgan fingerprint density at radius 3 is 2.58 bits per heavy atom. The van der Waals surface area contributed by atoms with Crippen LogP contribution in [0, 0.1) is 0 Å². The average Bonchev–Trinajstić information content (AvgIpc) is 3.34. The first-order chi connectivity index (χ1) is 14.9. The lowest BCUT2D eigenvalue weighted by molar-refractivity contribution is -0.133. The number of aryl methyl sites for hydroxylation is 2. The number of carbonyl (C=O) groups excluding carboxylic acids is 1. The van der Waals surface area contributed by atoms with Gasteiger partial charge < -0.3 is 13.9 Å². The number of imidazole rings is 1. The fraction of sp³-hybridized carbons (Fsp3) is 0.478. The van der Waals surface area contributed by atoms with Crippen molar-refractivity contribution in [2.75, 3.05) is 0 Å². The Labute approximate surface area is 187 Å². The lowest BCUT2D eigenvalue weighted by Gasteiger charge is -2.39. The van der Waals surface area contributed by atoms with Gasteiger partial charge in [-0.25, -0.2) is 4.98 Å². The highest BCUT2D eigenvalue weighted by atomic mass is 35.5. The summed E-state index contributed by atoms with van der Waals surface area (Å²) in [4.78, 5) is 19.1. The van der Waals surface area contributed by atoms with E-state index in [0.717, 1.165) is 30.7 Å². The summed E-state index contributed by atoms with van der Waals surface area (Å²) < 4.78 is 7.98. The van der Waals surface area contributed by atoms with E-state index in [2.05, 4.69) is 15.2 Å². The number of hydrogen-bond acceptors (Lipinski definition) is 5. The Hall–Kier alpha value is -2.67. The Morgan fingerprint density at radius 1 is 1.26 bits per heavy atom. The summed E-state index contributed by atoms with van der Waals surface area (Å²) in [7, 11) is 1.93. The Kier molecular flexibility index (Phi) is 6.14. The van der Waals surface area contributed by atoms with Gasteiger partial charge in [-0.1, -0.05) is 30.2 Å². The Morgan fingerprint density at radius 2 is 2.00 bits per heavy atom. The molecule has 8 heteroatoms. The van der Waals surface area contributed by atoms with E-state index < -0.39 is 0 Å². The molecule has 0 aliphatic heterocycles. The molecule has 2 heterocycles. The second-order valence-corrected chi connectivity index (χ2v) is 8.95. The number of hydrogen-bond donors (Lipinski definition) is 0. The van der Waals surface area contributed by atoms with Gasteiger partial charge in [-0.05, 0) is 44.4 Å². The van der Waals surface area contributed by atoms with Crippen molar-refractivity contribution in [2.24, 2.45) is 7.05 Å². The molecule has 1 saturated carbocycles. The topological polar surface area (TPSA) is 77.1 Å². The van der Waals surface area contributed by atoms with Gasteiger partial charge in [0.25, 0.3) is 0 Å². The molecule has 1 amide bonds. The van der Waals surface area contributed by atoms with Crippen LogP contribution in [-0.2, 0) is 30.2 Å². The molecule has 0 saturated heterocycles. The average molecular weight is 442 g/mol. The predicted molar refractivity (Wildman–Crippen MR) is 118 cm³/mol. The lowest BCUT2D eigenvalue weighted by atomic mass is 9.64. The molecule has 3 aromatic rings. The zero-order chi connectivity index (χ0) is 22.0. The fourth-order valence-corrected chi connectivity index (χ4v) is 4.22. The smallest absolute Gasteiger partial charge is 0.227 e. The minimum atomic E-state index is -0.234. The summed E-state index contributed by atoms with van der Waals surface area (Å²) in [5, 5.41) is 9.31. The molecule has 164 valence electrons. The molecule has 7 nitrogen and oxygen atoms in total. The molecule has 0 atom stereocenters. The lowest BCUT2D eigenvalue weighted by Crippen LogP contribution is -2.37. The van der Waals surface area contributed by atoms with Crippen molar-refractivity contribution in [1.29, 1.82) is 0 Å². The highest BCUT2D eigenvalue weighted by Gasteiger charge is 2.45. The van der Waals surface area contributed by atoms with Crippen LogP contribution in [-0.4, -0.2) is 36.6 Å². The van der Waals surface area contributed by atoms with Crippen molar-refractivity contribution in [3.63, 3.8) is 0 Å². The first-order valence-corrected chi connectivity index (χ1v) is 11.1. The van der Waals surface area contributed by atoms with Gasteiger partial charge in [0.2, 0.25) is 17.7 Å². The van der Waals surface area contributed by atoms with Crippen molar-refractivity contribution in [2.45, 2.75) is 64.0 Å². The van der Waals surface area contributed by atoms with Gasteiger partial charge in [0.1, 0.15) is 5.82 Å². The van der Waals surface area contributed by atoms with E-state index in [1.807, 2.05) is 60.8 Å². The molecule has 2 aromatic heterocycles. The van der Waals surface area contributed by atoms with Gasteiger partial charge in [0.15, 0.2) is 0 Å². The molecular weight excluding hydrogens is 414 g/mol. The molecular formula is C23H28ClN5O2. The van der Waals surface area contributed by atoms with Crippen molar-refractivity contribution >= 4 is 17.5 Å². The highest BCUT2D eigenvalue weighted by Crippen LogP contribution is 2.48. The van der Waals surface area contributed by atoms with Gasteiger partial charge >= 0.3 is 0 Å². The number of amides is 1. The molecule has 1 aliphatic rings. The molecule has 0 spiro atoms. The largest absolute Gasteiger partial charge is 0.424 e. The summed E-state index contributed by atoms with van der Waals surface area (Å²) in [5.41, 5.74) is 0.914. The van der Waals surface area contributed by atoms with E-state index in [1.165, 1.54) is 0 Å². The van der Waals surface area contributed by atoms with Gasteiger partial charge in [-0.15, -0.1) is 10.2 Å². The molecule has 0 unspecified atom stereocenters. The van der Waals surface area contributed by atoms with Crippen molar-refractivity contribution < 1.29 is 9.21 Å². The number of halogens is 1. The van der Waals surface area contributed by atoms with Crippen LogP contribution in [0.1, 0.15) is 62.7 Å². The van der Waals surface area contributed by atoms with Crippen LogP contribution in [0.25, 0.3) is 0 Å². The third-order valence-corrected chi connectivity index (χ3v) is 6.46. The highest BCUT2D eigenvalue weighted by molar-refractivity contribution is 6.30. The molecule has 4 rings (SSSR count). The standard InChI is InChI=1S/C23H28ClN5O2/c1-16(2)29(15-19-25-13-14-28(19)3)21(30)10-9-20-26-27-22(31-20)23(11-4-12-23)17-5-7-18(24)8-6-17/h5-8,13-14,16H,4,9-12,15H2,1-3H3. The minimum Gasteiger partial charge on any atom is -0.424 e. The van der Waals surface area contributed by atoms with Crippen LogP contribution in [0.15, 0.2) is 41.1 Å². The number of benzene rings is 1. The van der Waals surface area contributed by atoms with E-state index >= 15 is 0 Å². The first-order valence-electron chi connectivity index (χ1n) is 10.7. The van der Waals surface area contributed by atoms with Crippen LogP contribution >= 0.6 is 11.6 Å². The first kappa shape index (κ1) is 21.6. The normalized spacial score (nSPS) is 15.1. The Bertz CT molecular complexity index is 1040. The van der Waals surface area contributed by atoms with Crippen LogP contribution in [0.2, 0.25) is 5.02 Å². The Balaban J connectivity index is 1.43. The van der Waals surface area contributed by atoms with E-state index in [-0.39, 0.29) is 17.4 Å². The second-order valence-electron chi connectivity index (χ2n) is 8.51. The second kappa shape index (κ2) is 8.83. The summed E-state index contributed by atoms with van der Waals surface area (Å²) in [6, 6.07) is 7.94. The molecule has 1 fully saturated rings. The minimum absolute atomic E-state index is 0.0498. The van der Waals surface area contributed by atoms with E-state index in [0.29, 0.717) is 36.2 Å². The van der Waals surface area contributed by atoms with E-state index in [9.17, 15) is 4.79 Å². The summed E-state index contributed by atoms with van der Waals surface area (Å²) in [5.74, 6) is 2.05. The summed E-state index contributed by atoms with van der Waals surface area (Å²) in [6.45, 7) is 4.50. The van der Waals surface area contributed by atoms with Gasteiger partial charge in [-0.2, -0.15) is 0 Å². The monoisotopic (exact) mass is 441 g/mol. The zero-order valence-electron chi connectivity index (χ0n) is 18.2. The number of aromatic nitrogens is 4. The van der Waals surface area contributed by atoms with Crippen molar-refractivity contribution in [1.82, 2.24) is 24.6 Å². The van der Waals surface area contributed by atoms with Crippen LogP contribution < -0.4 is 0 Å². The third kappa shape index (κ3) is 4.37. The van der Waals surface area contributed by atoms with E-state index in [1.54, 1.807) is 6.20 Å². The van der Waals surface area contributed by atoms with Gasteiger partial charge in [-0.3, -0.25) is 4.79 Å². The molecule has 31 heavy (non-hydrogen) atoms. The summed E-state index contributed by atoms with van der Waals surface area (Å²) in [6.07, 6.45) is 7.43. The molecule has 0 N–H and O–H groups in total. The predicted octanol–water partition coefficient (Wildman–Crippen LogP) is 4.30. The number of rotatable bonds is 8. The SMILES string of the molecule is CC(C)N(Cc1nccn1C)C(=O)CCc1nnc(C2(c3ccc(Cl)cc3)CCC2)o1. The molecule has 0 radical (unpaired) electrons. The summed E-state index contributed by atoms with van der Waals surface area (Å²) >= 11 is 6.05. The molecule has 0 bridgehead atoms. The van der Waals surface area contributed by atoms with E-state index in [4.69, 9.17) is 16.0 Å².